The number of hydrogen-bond donors (Lipinski definition) is 0. The van der Waals surface area contributed by atoms with Crippen molar-refractivity contribution in [2.24, 2.45) is 0 Å². The Morgan fingerprint density at radius 2 is 1.80 bits per heavy atom. The molecule has 0 radical (unpaired) electrons. The third kappa shape index (κ3) is 2.47. The predicted molar refractivity (Wildman–Crippen MR) is 84.3 cm³/mol. The molecule has 0 amide bonds. The van der Waals surface area contributed by atoms with Crippen LogP contribution in [0.15, 0.2) is 59.2 Å². The van der Waals surface area contributed by atoms with Gasteiger partial charge in [0.05, 0.1) is 10.5 Å². The third-order valence-electron chi connectivity index (χ3n) is 3.05. The van der Waals surface area contributed by atoms with Crippen LogP contribution in [0.2, 0.25) is 5.02 Å². The van der Waals surface area contributed by atoms with Crippen LogP contribution in [-0.2, 0) is 0 Å². The molecule has 0 saturated carbocycles. The zero-order valence-corrected chi connectivity index (χ0v) is 12.6. The van der Waals surface area contributed by atoms with Crippen LogP contribution in [0.3, 0.4) is 0 Å². The zero-order chi connectivity index (χ0) is 14.1. The minimum Gasteiger partial charge on any atom is -0.289 e. The monoisotopic (exact) mass is 345 g/mol. The summed E-state index contributed by atoms with van der Waals surface area (Å²) in [6, 6.07) is 14.5. The van der Waals surface area contributed by atoms with E-state index in [0.29, 0.717) is 20.6 Å². The molecule has 3 aromatic rings. The third-order valence-corrected chi connectivity index (χ3v) is 4.26. The van der Waals surface area contributed by atoms with Gasteiger partial charge in [0.15, 0.2) is 5.78 Å². The van der Waals surface area contributed by atoms with Crippen LogP contribution in [0.4, 0.5) is 0 Å². The van der Waals surface area contributed by atoms with E-state index in [1.54, 1.807) is 30.5 Å². The number of nitrogens with zero attached hydrogens (tertiary/aromatic N) is 1. The molecule has 1 heterocycles. The van der Waals surface area contributed by atoms with Crippen LogP contribution in [0, 0.1) is 0 Å². The van der Waals surface area contributed by atoms with E-state index in [1.165, 1.54) is 0 Å². The van der Waals surface area contributed by atoms with Gasteiger partial charge in [-0.25, -0.2) is 0 Å². The van der Waals surface area contributed by atoms with Gasteiger partial charge in [0.1, 0.15) is 0 Å². The Labute approximate surface area is 129 Å². The molecular formula is C16H9BrClNO. The SMILES string of the molecule is O=C(c1ccc(Cl)c(Br)c1)c1ccc2ncccc2c1. The number of halogens is 2. The quantitative estimate of drug-likeness (QED) is 0.619. The highest BCUT2D eigenvalue weighted by Crippen LogP contribution is 2.25. The molecule has 0 bridgehead atoms. The second kappa shape index (κ2) is 5.35. The number of carbonyl (C=O) groups excluding carboxylic acids is 1. The minimum atomic E-state index is -0.0341. The maximum Gasteiger partial charge on any atom is 0.193 e. The molecule has 0 fully saturated rings. The Hall–Kier alpha value is -1.71. The van der Waals surface area contributed by atoms with E-state index in [0.717, 1.165) is 10.9 Å². The van der Waals surface area contributed by atoms with Crippen molar-refractivity contribution in [3.63, 3.8) is 0 Å². The summed E-state index contributed by atoms with van der Waals surface area (Å²) in [7, 11) is 0. The molecule has 3 rings (SSSR count). The summed E-state index contributed by atoms with van der Waals surface area (Å²) in [5.74, 6) is -0.0341. The molecule has 0 aliphatic carbocycles. The lowest BCUT2D eigenvalue weighted by molar-refractivity contribution is 0.103. The maximum atomic E-state index is 12.5. The maximum absolute atomic E-state index is 12.5. The lowest BCUT2D eigenvalue weighted by Gasteiger charge is -2.04. The van der Waals surface area contributed by atoms with Gasteiger partial charge in [0.2, 0.25) is 0 Å². The van der Waals surface area contributed by atoms with Crippen LogP contribution < -0.4 is 0 Å². The fraction of sp³-hybridized carbons (Fsp3) is 0. The first-order valence-electron chi connectivity index (χ1n) is 6.00. The van der Waals surface area contributed by atoms with Crippen molar-refractivity contribution >= 4 is 44.2 Å². The van der Waals surface area contributed by atoms with Crippen LogP contribution in [0.1, 0.15) is 15.9 Å². The number of rotatable bonds is 2. The first-order valence-corrected chi connectivity index (χ1v) is 7.17. The topological polar surface area (TPSA) is 30.0 Å². The van der Waals surface area contributed by atoms with Crippen molar-refractivity contribution in [3.8, 4) is 0 Å². The van der Waals surface area contributed by atoms with Crippen LogP contribution in [-0.4, -0.2) is 10.8 Å². The van der Waals surface area contributed by atoms with Crippen molar-refractivity contribution in [2.45, 2.75) is 0 Å². The van der Waals surface area contributed by atoms with E-state index < -0.39 is 0 Å². The second-order valence-corrected chi connectivity index (χ2v) is 5.63. The zero-order valence-electron chi connectivity index (χ0n) is 10.3. The molecule has 20 heavy (non-hydrogen) atoms. The van der Waals surface area contributed by atoms with E-state index in [9.17, 15) is 4.79 Å². The van der Waals surface area contributed by atoms with Crippen molar-refractivity contribution in [1.82, 2.24) is 4.98 Å². The van der Waals surface area contributed by atoms with Gasteiger partial charge in [-0.15, -0.1) is 0 Å². The summed E-state index contributed by atoms with van der Waals surface area (Å²) in [5, 5.41) is 1.54. The number of aromatic nitrogens is 1. The summed E-state index contributed by atoms with van der Waals surface area (Å²) < 4.78 is 0.715. The van der Waals surface area contributed by atoms with Gasteiger partial charge in [-0.1, -0.05) is 17.7 Å². The fourth-order valence-electron chi connectivity index (χ4n) is 2.02. The average Bonchev–Trinajstić information content (AvgIpc) is 2.49. The smallest absolute Gasteiger partial charge is 0.193 e. The van der Waals surface area contributed by atoms with E-state index in [-0.39, 0.29) is 5.78 Å². The van der Waals surface area contributed by atoms with Gasteiger partial charge in [0.25, 0.3) is 0 Å². The highest BCUT2D eigenvalue weighted by Gasteiger charge is 2.11. The van der Waals surface area contributed by atoms with E-state index in [2.05, 4.69) is 20.9 Å². The molecule has 2 aromatic carbocycles. The highest BCUT2D eigenvalue weighted by atomic mass is 79.9. The molecular weight excluding hydrogens is 338 g/mol. The normalized spacial score (nSPS) is 10.7. The van der Waals surface area contributed by atoms with Gasteiger partial charge in [-0.2, -0.15) is 0 Å². The summed E-state index contributed by atoms with van der Waals surface area (Å²) in [4.78, 5) is 16.7. The summed E-state index contributed by atoms with van der Waals surface area (Å²) >= 11 is 9.28. The van der Waals surface area contributed by atoms with Gasteiger partial charge in [-0.3, -0.25) is 9.78 Å². The first-order chi connectivity index (χ1) is 9.65. The highest BCUT2D eigenvalue weighted by molar-refractivity contribution is 9.10. The van der Waals surface area contributed by atoms with Gasteiger partial charge >= 0.3 is 0 Å². The van der Waals surface area contributed by atoms with E-state index >= 15 is 0 Å². The molecule has 0 saturated heterocycles. The molecule has 0 aliphatic rings. The fourth-order valence-corrected chi connectivity index (χ4v) is 2.52. The molecule has 98 valence electrons. The Morgan fingerprint density at radius 1 is 1.05 bits per heavy atom. The van der Waals surface area contributed by atoms with Crippen molar-refractivity contribution in [2.75, 3.05) is 0 Å². The molecule has 0 N–H and O–H groups in total. The molecule has 0 aliphatic heterocycles. The first kappa shape index (κ1) is 13.3. The number of pyridine rings is 1. The van der Waals surface area contributed by atoms with E-state index in [1.807, 2.05) is 24.3 Å². The van der Waals surface area contributed by atoms with Gasteiger partial charge < -0.3 is 0 Å². The molecule has 0 unspecified atom stereocenters. The van der Waals surface area contributed by atoms with Crippen molar-refractivity contribution < 1.29 is 4.79 Å². The van der Waals surface area contributed by atoms with Gasteiger partial charge in [-0.05, 0) is 58.4 Å². The second-order valence-electron chi connectivity index (χ2n) is 4.37. The number of ketones is 1. The molecule has 0 atom stereocenters. The van der Waals surface area contributed by atoms with Crippen LogP contribution in [0.25, 0.3) is 10.9 Å². The molecule has 4 heteroatoms. The Morgan fingerprint density at radius 3 is 2.60 bits per heavy atom. The summed E-state index contributed by atoms with van der Waals surface area (Å²) in [5.41, 5.74) is 2.12. The van der Waals surface area contributed by atoms with Crippen molar-refractivity contribution in [3.05, 3.63) is 75.4 Å². The summed E-state index contributed by atoms with van der Waals surface area (Å²) in [6.07, 6.45) is 1.74. The minimum absolute atomic E-state index is 0.0341. The molecule has 1 aromatic heterocycles. The average molecular weight is 347 g/mol. The molecule has 0 spiro atoms. The van der Waals surface area contributed by atoms with Crippen LogP contribution in [0.5, 0.6) is 0 Å². The Kier molecular flexibility index (Phi) is 3.55. The molecule has 2 nitrogen and oxygen atoms in total. The predicted octanol–water partition coefficient (Wildman–Crippen LogP) is 4.88. The standard InChI is InChI=1S/C16H9BrClNO/c17-13-9-12(3-5-14(13)18)16(20)11-4-6-15-10(8-11)2-1-7-19-15/h1-9H. The number of fused-ring (bicyclic) bond motifs is 1. The number of hydrogen-bond acceptors (Lipinski definition) is 2. The Bertz CT molecular complexity index is 816. The lowest BCUT2D eigenvalue weighted by Crippen LogP contribution is -2.01. The Balaban J connectivity index is 2.05. The summed E-state index contributed by atoms with van der Waals surface area (Å²) in [6.45, 7) is 0. The number of benzene rings is 2. The lowest BCUT2D eigenvalue weighted by atomic mass is 10.0. The van der Waals surface area contributed by atoms with Crippen LogP contribution >= 0.6 is 27.5 Å². The number of carbonyl (C=O) groups is 1. The largest absolute Gasteiger partial charge is 0.289 e. The van der Waals surface area contributed by atoms with E-state index in [4.69, 9.17) is 11.6 Å². The van der Waals surface area contributed by atoms with Crippen molar-refractivity contribution in [1.29, 1.82) is 0 Å². The van der Waals surface area contributed by atoms with Gasteiger partial charge in [0, 0.05) is 27.2 Å².